The van der Waals surface area contributed by atoms with Gasteiger partial charge >= 0.3 is 5.97 Å². The number of aliphatic hydroxyl groups excluding tert-OH is 2. The number of aliphatic hydroxyl groups is 2. The van der Waals surface area contributed by atoms with Crippen molar-refractivity contribution in [3.63, 3.8) is 0 Å². The van der Waals surface area contributed by atoms with Crippen LogP contribution in [0.1, 0.15) is 45.7 Å². The van der Waals surface area contributed by atoms with Crippen LogP contribution in [0.5, 0.6) is 0 Å². The Morgan fingerprint density at radius 2 is 2.14 bits per heavy atom. The first-order chi connectivity index (χ1) is 16.7. The van der Waals surface area contributed by atoms with E-state index in [4.69, 9.17) is 15.2 Å². The third kappa shape index (κ3) is 5.35. The SMILES string of the molecule is C=NC[C@@]1(c2ccc3c(NC(=O)CCCC)ncnn23)O[C@H](COC(=O)[C@@H](N)C(C)C)[C@@H](O)[C@H]1O. The molecule has 0 spiro atoms. The lowest BCUT2D eigenvalue weighted by Crippen LogP contribution is -2.44. The fourth-order valence-electron chi connectivity index (χ4n) is 4.03. The lowest BCUT2D eigenvalue weighted by atomic mass is 9.91. The Morgan fingerprint density at radius 1 is 1.40 bits per heavy atom. The second-order valence-electron chi connectivity index (χ2n) is 9.04. The maximum Gasteiger partial charge on any atom is 0.323 e. The van der Waals surface area contributed by atoms with Gasteiger partial charge in [-0.05, 0) is 31.2 Å². The van der Waals surface area contributed by atoms with Crippen molar-refractivity contribution in [3.05, 3.63) is 24.2 Å². The predicted octanol–water partition coefficient (Wildman–Crippen LogP) is 0.401. The lowest BCUT2D eigenvalue weighted by Gasteiger charge is -2.30. The molecule has 0 radical (unpaired) electrons. The van der Waals surface area contributed by atoms with E-state index in [1.807, 2.05) is 6.92 Å². The van der Waals surface area contributed by atoms with Crippen molar-refractivity contribution >= 4 is 29.9 Å². The van der Waals surface area contributed by atoms with Gasteiger partial charge in [-0.3, -0.25) is 14.6 Å². The summed E-state index contributed by atoms with van der Waals surface area (Å²) >= 11 is 0. The third-order valence-corrected chi connectivity index (χ3v) is 6.17. The zero-order chi connectivity index (χ0) is 25.8. The molecule has 0 unspecified atom stereocenters. The number of carbonyl (C=O) groups is 2. The van der Waals surface area contributed by atoms with E-state index in [1.54, 1.807) is 26.0 Å². The summed E-state index contributed by atoms with van der Waals surface area (Å²) < 4.78 is 12.8. The number of carbonyl (C=O) groups excluding carboxylic acids is 2. The second kappa shape index (κ2) is 11.2. The molecule has 192 valence electrons. The number of aromatic nitrogens is 3. The van der Waals surface area contributed by atoms with Crippen molar-refractivity contribution < 1.29 is 29.3 Å². The van der Waals surface area contributed by atoms with Gasteiger partial charge < -0.3 is 30.7 Å². The van der Waals surface area contributed by atoms with Gasteiger partial charge in [0.2, 0.25) is 5.91 Å². The Kier molecular flexibility index (Phi) is 8.54. The van der Waals surface area contributed by atoms with Gasteiger partial charge in [0.1, 0.15) is 42.8 Å². The van der Waals surface area contributed by atoms with Crippen molar-refractivity contribution in [2.24, 2.45) is 16.6 Å². The first kappa shape index (κ1) is 26.7. The highest BCUT2D eigenvalue weighted by molar-refractivity contribution is 5.93. The van der Waals surface area contributed by atoms with Gasteiger partial charge in [0, 0.05) is 6.42 Å². The van der Waals surface area contributed by atoms with Crippen LogP contribution in [0.25, 0.3) is 5.52 Å². The van der Waals surface area contributed by atoms with Gasteiger partial charge in [-0.2, -0.15) is 5.10 Å². The molecule has 1 fully saturated rings. The number of nitrogens with zero attached hydrogens (tertiary/aromatic N) is 4. The Hall–Kier alpha value is -2.93. The highest BCUT2D eigenvalue weighted by Crippen LogP contribution is 2.41. The number of esters is 1. The van der Waals surface area contributed by atoms with Crippen molar-refractivity contribution in [1.82, 2.24) is 14.6 Å². The van der Waals surface area contributed by atoms with Crippen molar-refractivity contribution in [2.45, 2.75) is 70.0 Å². The molecule has 2 aromatic rings. The Bertz CT molecular complexity index is 1060. The number of aliphatic imine (C=N–C) groups is 1. The molecule has 3 rings (SSSR count). The first-order valence-electron chi connectivity index (χ1n) is 11.7. The van der Waals surface area contributed by atoms with Gasteiger partial charge in [0.15, 0.2) is 11.4 Å². The molecule has 0 aliphatic carbocycles. The van der Waals surface area contributed by atoms with E-state index in [9.17, 15) is 19.8 Å². The van der Waals surface area contributed by atoms with Crippen LogP contribution < -0.4 is 11.1 Å². The molecule has 12 nitrogen and oxygen atoms in total. The zero-order valence-corrected chi connectivity index (χ0v) is 20.3. The minimum atomic E-state index is -1.54. The van der Waals surface area contributed by atoms with E-state index >= 15 is 0 Å². The molecule has 35 heavy (non-hydrogen) atoms. The van der Waals surface area contributed by atoms with Gasteiger partial charge in [0.25, 0.3) is 0 Å². The van der Waals surface area contributed by atoms with Crippen LogP contribution in [0, 0.1) is 5.92 Å². The molecule has 5 atom stereocenters. The number of unbranched alkanes of at least 4 members (excludes halogenated alkanes) is 1. The number of nitrogens with one attached hydrogen (secondary N) is 1. The Labute approximate surface area is 203 Å². The Morgan fingerprint density at radius 3 is 2.80 bits per heavy atom. The average Bonchev–Trinajstić information content (AvgIpc) is 3.37. The first-order valence-corrected chi connectivity index (χ1v) is 11.7. The fraction of sp³-hybridized carbons (Fsp3) is 0.609. The number of hydrogen-bond donors (Lipinski definition) is 4. The molecule has 2 aromatic heterocycles. The van der Waals surface area contributed by atoms with Gasteiger partial charge in [-0.15, -0.1) is 0 Å². The predicted molar refractivity (Wildman–Crippen MR) is 128 cm³/mol. The summed E-state index contributed by atoms with van der Waals surface area (Å²) in [5, 5.41) is 28.9. The summed E-state index contributed by atoms with van der Waals surface area (Å²) in [5.41, 5.74) is 5.12. The topological polar surface area (TPSA) is 174 Å². The molecule has 1 saturated heterocycles. The monoisotopic (exact) mass is 490 g/mol. The highest BCUT2D eigenvalue weighted by Gasteiger charge is 2.57. The summed E-state index contributed by atoms with van der Waals surface area (Å²) in [4.78, 5) is 32.5. The minimum Gasteiger partial charge on any atom is -0.462 e. The number of ether oxygens (including phenoxy) is 2. The van der Waals surface area contributed by atoms with Crippen LogP contribution in [0.4, 0.5) is 5.82 Å². The average molecular weight is 491 g/mol. The van der Waals surface area contributed by atoms with Crippen LogP contribution >= 0.6 is 0 Å². The molecule has 5 N–H and O–H groups in total. The van der Waals surface area contributed by atoms with Crippen molar-refractivity contribution in [3.8, 4) is 0 Å². The van der Waals surface area contributed by atoms with Crippen LogP contribution in [-0.4, -0.2) is 80.9 Å². The largest absolute Gasteiger partial charge is 0.462 e. The molecule has 0 bridgehead atoms. The maximum atomic E-state index is 12.2. The minimum absolute atomic E-state index is 0.116. The van der Waals surface area contributed by atoms with E-state index in [0.29, 0.717) is 23.4 Å². The normalized spacial score (nSPS) is 25.1. The quantitative estimate of drug-likeness (QED) is 0.257. The smallest absolute Gasteiger partial charge is 0.323 e. The van der Waals surface area contributed by atoms with E-state index in [1.165, 1.54) is 10.8 Å². The molecule has 3 heterocycles. The van der Waals surface area contributed by atoms with Crippen LogP contribution in [0.2, 0.25) is 0 Å². The molecule has 1 aliphatic rings. The molecule has 0 aromatic carbocycles. The number of nitrogens with two attached hydrogens (primary N) is 1. The molecular formula is C23H34N6O6. The molecule has 12 heteroatoms. The Balaban J connectivity index is 1.90. The molecule has 1 aliphatic heterocycles. The molecule has 1 amide bonds. The standard InChI is InChI=1S/C23H34N6O6/c1-5-6-7-17(30)28-21-14-8-9-16(29(14)27-12-26-21)23(11-25-4)20(32)19(31)15(35-23)10-34-22(33)18(24)13(2)3/h8-9,12-13,15,18-20,31-32H,4-7,10-11,24H2,1-3H3,(H,26,27,28,30)/t15-,18+,19-,20-,23+/m1/s1. The van der Waals surface area contributed by atoms with Gasteiger partial charge in [-0.25, -0.2) is 9.50 Å². The summed E-state index contributed by atoms with van der Waals surface area (Å²) in [6.45, 7) is 8.67. The summed E-state index contributed by atoms with van der Waals surface area (Å²) in [6, 6.07) is 2.50. The fourth-order valence-corrected chi connectivity index (χ4v) is 4.03. The lowest BCUT2D eigenvalue weighted by molar-refractivity contribution is -0.154. The number of anilines is 1. The van der Waals surface area contributed by atoms with Crippen molar-refractivity contribution in [2.75, 3.05) is 18.5 Å². The van der Waals surface area contributed by atoms with E-state index in [0.717, 1.165) is 12.8 Å². The summed E-state index contributed by atoms with van der Waals surface area (Å²) in [7, 11) is 0. The number of rotatable bonds is 11. The number of hydrogen-bond acceptors (Lipinski definition) is 10. The number of fused-ring (bicyclic) bond motifs is 1. The van der Waals surface area contributed by atoms with Gasteiger partial charge in [0.05, 0.1) is 12.2 Å². The van der Waals surface area contributed by atoms with E-state index < -0.39 is 35.9 Å². The van der Waals surface area contributed by atoms with Crippen LogP contribution in [0.3, 0.4) is 0 Å². The van der Waals surface area contributed by atoms with E-state index in [-0.39, 0.29) is 25.0 Å². The van der Waals surface area contributed by atoms with Crippen molar-refractivity contribution in [1.29, 1.82) is 0 Å². The third-order valence-electron chi connectivity index (χ3n) is 6.17. The van der Waals surface area contributed by atoms with Crippen LogP contribution in [0.15, 0.2) is 23.5 Å². The zero-order valence-electron chi connectivity index (χ0n) is 20.3. The second-order valence-corrected chi connectivity index (χ2v) is 9.04. The van der Waals surface area contributed by atoms with E-state index in [2.05, 4.69) is 27.1 Å². The highest BCUT2D eigenvalue weighted by atomic mass is 16.6. The maximum absolute atomic E-state index is 12.2. The molecular weight excluding hydrogens is 456 g/mol. The number of amides is 1. The van der Waals surface area contributed by atoms with Gasteiger partial charge in [-0.1, -0.05) is 27.2 Å². The summed E-state index contributed by atoms with van der Waals surface area (Å²) in [5.74, 6) is -0.633. The van der Waals surface area contributed by atoms with Crippen LogP contribution in [-0.2, 0) is 24.7 Å². The molecule has 0 saturated carbocycles. The summed E-state index contributed by atoms with van der Waals surface area (Å²) in [6.07, 6.45) is -0.608.